The summed E-state index contributed by atoms with van der Waals surface area (Å²) >= 11 is 6.77. The van der Waals surface area contributed by atoms with Crippen LogP contribution in [0, 0.1) is 5.82 Å². The Kier molecular flexibility index (Phi) is 6.63. The number of thiocarbonyl (C=S) groups is 1. The number of hydrogen-bond donors (Lipinski definition) is 0. The summed E-state index contributed by atoms with van der Waals surface area (Å²) < 4.78 is 15.8. The van der Waals surface area contributed by atoms with Gasteiger partial charge in [0.1, 0.15) is 10.1 Å². The number of aromatic nitrogens is 2. The molecule has 1 aliphatic heterocycles. The molecule has 158 valence electrons. The largest absolute Gasteiger partial charge is 0.293 e. The topological polar surface area (TPSA) is 38.1 Å². The Morgan fingerprint density at radius 3 is 2.55 bits per heavy atom. The number of thioether (sulfide) groups is 1. The van der Waals surface area contributed by atoms with Crippen molar-refractivity contribution in [2.45, 2.75) is 26.2 Å². The number of unbranched alkanes of at least 4 members (excludes halogenated alkanes) is 2. The fourth-order valence-corrected chi connectivity index (χ4v) is 4.69. The molecule has 2 aromatic carbocycles. The van der Waals surface area contributed by atoms with E-state index in [4.69, 9.17) is 17.3 Å². The van der Waals surface area contributed by atoms with Gasteiger partial charge >= 0.3 is 0 Å². The standard InChI is InChI=1S/C24H22FN3OS2/c1-2-3-7-14-27-23(29)21(31-24(27)30)15-18-16-28(20-8-5-4-6-9-20)26-22(18)17-10-12-19(25)13-11-17/h4-6,8-13,15-16H,2-3,7,14H2,1H3/b21-15-. The predicted octanol–water partition coefficient (Wildman–Crippen LogP) is 6.07. The van der Waals surface area contributed by atoms with Gasteiger partial charge in [-0.2, -0.15) is 5.10 Å². The van der Waals surface area contributed by atoms with Gasteiger partial charge in [-0.15, -0.1) is 0 Å². The van der Waals surface area contributed by atoms with Gasteiger partial charge in [-0.1, -0.05) is 61.9 Å². The van der Waals surface area contributed by atoms with Gasteiger partial charge in [0.05, 0.1) is 16.3 Å². The van der Waals surface area contributed by atoms with Crippen molar-refractivity contribution in [3.63, 3.8) is 0 Å². The van der Waals surface area contributed by atoms with E-state index in [1.54, 1.807) is 21.7 Å². The molecule has 2 heterocycles. The minimum atomic E-state index is -0.305. The Morgan fingerprint density at radius 2 is 1.84 bits per heavy atom. The molecular weight excluding hydrogens is 429 g/mol. The van der Waals surface area contributed by atoms with Crippen LogP contribution in [0.5, 0.6) is 0 Å². The number of halogens is 1. The molecule has 0 bridgehead atoms. The van der Waals surface area contributed by atoms with Crippen molar-refractivity contribution in [3.8, 4) is 16.9 Å². The van der Waals surface area contributed by atoms with E-state index in [2.05, 4.69) is 6.92 Å². The molecular formula is C24H22FN3OS2. The van der Waals surface area contributed by atoms with Gasteiger partial charge in [-0.05, 0) is 48.9 Å². The number of benzene rings is 2. The van der Waals surface area contributed by atoms with E-state index >= 15 is 0 Å². The molecule has 0 saturated carbocycles. The highest BCUT2D eigenvalue weighted by Crippen LogP contribution is 2.35. The van der Waals surface area contributed by atoms with E-state index in [1.165, 1.54) is 23.9 Å². The van der Waals surface area contributed by atoms with Crippen LogP contribution in [0.4, 0.5) is 4.39 Å². The lowest BCUT2D eigenvalue weighted by Gasteiger charge is -2.13. The first-order chi connectivity index (χ1) is 15.1. The second-order valence-corrected chi connectivity index (χ2v) is 8.94. The van der Waals surface area contributed by atoms with E-state index in [1.807, 2.05) is 42.6 Å². The van der Waals surface area contributed by atoms with Crippen molar-refractivity contribution in [2.24, 2.45) is 0 Å². The van der Waals surface area contributed by atoms with Crippen LogP contribution in [-0.2, 0) is 4.79 Å². The number of hydrogen-bond acceptors (Lipinski definition) is 4. The molecule has 1 aromatic heterocycles. The molecule has 0 atom stereocenters. The highest BCUT2D eigenvalue weighted by molar-refractivity contribution is 8.26. The highest BCUT2D eigenvalue weighted by Gasteiger charge is 2.32. The van der Waals surface area contributed by atoms with Crippen molar-refractivity contribution in [3.05, 3.63) is 77.1 Å². The second-order valence-electron chi connectivity index (χ2n) is 7.26. The molecule has 0 aliphatic carbocycles. The average molecular weight is 452 g/mol. The second kappa shape index (κ2) is 9.58. The molecule has 3 aromatic rings. The normalized spacial score (nSPS) is 15.3. The Morgan fingerprint density at radius 1 is 1.10 bits per heavy atom. The van der Waals surface area contributed by atoms with Crippen LogP contribution < -0.4 is 0 Å². The monoisotopic (exact) mass is 451 g/mol. The Labute approximate surface area is 190 Å². The SMILES string of the molecule is CCCCCN1C(=O)/C(=C/c2cn(-c3ccccc3)nc2-c2ccc(F)cc2)SC1=S. The summed E-state index contributed by atoms with van der Waals surface area (Å²) in [6, 6.07) is 15.9. The van der Waals surface area contributed by atoms with E-state index < -0.39 is 0 Å². The molecule has 1 aliphatic rings. The maximum absolute atomic E-state index is 13.5. The van der Waals surface area contributed by atoms with Crippen LogP contribution >= 0.6 is 24.0 Å². The molecule has 0 radical (unpaired) electrons. The summed E-state index contributed by atoms with van der Waals surface area (Å²) in [5.41, 5.74) is 3.14. The molecule has 1 fully saturated rings. The third-order valence-corrected chi connectivity index (χ3v) is 6.40. The smallest absolute Gasteiger partial charge is 0.266 e. The first-order valence-corrected chi connectivity index (χ1v) is 11.5. The molecule has 4 rings (SSSR count). The third-order valence-electron chi connectivity index (χ3n) is 5.03. The van der Waals surface area contributed by atoms with Gasteiger partial charge in [0.15, 0.2) is 0 Å². The zero-order valence-electron chi connectivity index (χ0n) is 17.1. The van der Waals surface area contributed by atoms with Crippen LogP contribution in [0.25, 0.3) is 23.0 Å². The van der Waals surface area contributed by atoms with Crippen LogP contribution in [-0.4, -0.2) is 31.5 Å². The van der Waals surface area contributed by atoms with Crippen molar-refractivity contribution in [2.75, 3.05) is 6.54 Å². The van der Waals surface area contributed by atoms with E-state index in [0.29, 0.717) is 21.5 Å². The third kappa shape index (κ3) is 4.78. The first kappa shape index (κ1) is 21.5. The summed E-state index contributed by atoms with van der Waals surface area (Å²) in [5, 5.41) is 4.73. The van der Waals surface area contributed by atoms with Gasteiger partial charge in [0.2, 0.25) is 0 Å². The molecule has 0 unspecified atom stereocenters. The molecule has 7 heteroatoms. The van der Waals surface area contributed by atoms with Gasteiger partial charge in [0.25, 0.3) is 5.91 Å². The fraction of sp³-hybridized carbons (Fsp3) is 0.208. The van der Waals surface area contributed by atoms with E-state index in [9.17, 15) is 9.18 Å². The molecule has 0 spiro atoms. The summed E-state index contributed by atoms with van der Waals surface area (Å²) in [7, 11) is 0. The van der Waals surface area contributed by atoms with Crippen LogP contribution in [0.2, 0.25) is 0 Å². The lowest BCUT2D eigenvalue weighted by Crippen LogP contribution is -2.28. The number of amides is 1. The number of nitrogens with zero attached hydrogens (tertiary/aromatic N) is 3. The predicted molar refractivity (Wildman–Crippen MR) is 128 cm³/mol. The van der Waals surface area contributed by atoms with Crippen molar-refractivity contribution < 1.29 is 9.18 Å². The maximum Gasteiger partial charge on any atom is 0.266 e. The van der Waals surface area contributed by atoms with Crippen LogP contribution in [0.15, 0.2) is 65.7 Å². The zero-order chi connectivity index (χ0) is 21.8. The molecule has 1 amide bonds. The minimum absolute atomic E-state index is 0.0661. The molecule has 0 N–H and O–H groups in total. The molecule has 31 heavy (non-hydrogen) atoms. The number of carbonyl (C=O) groups excluding carboxylic acids is 1. The summed E-state index contributed by atoms with van der Waals surface area (Å²) in [4.78, 5) is 15.2. The first-order valence-electron chi connectivity index (χ1n) is 10.2. The van der Waals surface area contributed by atoms with Crippen molar-refractivity contribution in [1.29, 1.82) is 0 Å². The van der Waals surface area contributed by atoms with Gasteiger partial charge in [-0.3, -0.25) is 9.69 Å². The highest BCUT2D eigenvalue weighted by atomic mass is 32.2. The minimum Gasteiger partial charge on any atom is -0.293 e. The zero-order valence-corrected chi connectivity index (χ0v) is 18.8. The Bertz CT molecular complexity index is 1120. The van der Waals surface area contributed by atoms with Crippen LogP contribution in [0.3, 0.4) is 0 Å². The fourth-order valence-electron chi connectivity index (χ4n) is 3.39. The van der Waals surface area contributed by atoms with Gasteiger partial charge in [0, 0.05) is 23.9 Å². The Hall–Kier alpha value is -2.77. The number of carbonyl (C=O) groups is 1. The lowest BCUT2D eigenvalue weighted by atomic mass is 10.1. The van der Waals surface area contributed by atoms with Crippen LogP contribution in [0.1, 0.15) is 31.7 Å². The lowest BCUT2D eigenvalue weighted by molar-refractivity contribution is -0.122. The van der Waals surface area contributed by atoms with Gasteiger partial charge in [-0.25, -0.2) is 9.07 Å². The quantitative estimate of drug-likeness (QED) is 0.248. The number of rotatable bonds is 7. The Balaban J connectivity index is 1.71. The average Bonchev–Trinajstić information content (AvgIpc) is 3.31. The van der Waals surface area contributed by atoms with E-state index in [0.717, 1.165) is 36.1 Å². The van der Waals surface area contributed by atoms with E-state index in [-0.39, 0.29) is 11.7 Å². The van der Waals surface area contributed by atoms with Gasteiger partial charge < -0.3 is 0 Å². The summed E-state index contributed by atoms with van der Waals surface area (Å²) in [5.74, 6) is -0.371. The number of para-hydroxylation sites is 1. The molecule has 4 nitrogen and oxygen atoms in total. The summed E-state index contributed by atoms with van der Waals surface area (Å²) in [6.07, 6.45) is 6.81. The maximum atomic E-state index is 13.5. The van der Waals surface area contributed by atoms with Crippen molar-refractivity contribution >= 4 is 40.3 Å². The summed E-state index contributed by atoms with van der Waals surface area (Å²) in [6.45, 7) is 2.77. The van der Waals surface area contributed by atoms with Crippen molar-refractivity contribution in [1.82, 2.24) is 14.7 Å². The molecule has 1 saturated heterocycles.